The first kappa shape index (κ1) is 13.9. The molecule has 0 radical (unpaired) electrons. The van der Waals surface area contributed by atoms with Crippen molar-refractivity contribution in [1.82, 2.24) is 10.2 Å². The number of rotatable bonds is 3. The van der Waals surface area contributed by atoms with Gasteiger partial charge in [-0.25, -0.2) is 0 Å². The van der Waals surface area contributed by atoms with Crippen molar-refractivity contribution in [2.45, 2.75) is 6.92 Å². The molecule has 21 heavy (non-hydrogen) atoms. The highest BCUT2D eigenvalue weighted by atomic mass is 35.5. The average molecular weight is 318 g/mol. The third kappa shape index (κ3) is 2.84. The molecule has 1 amide bonds. The first-order chi connectivity index (χ1) is 10.1. The Labute approximate surface area is 130 Å². The number of carbonyl (C=O) groups is 1. The second kappa shape index (κ2) is 5.71. The minimum absolute atomic E-state index is 0.264. The maximum atomic E-state index is 12.2. The Bertz CT molecular complexity index is 780. The zero-order valence-electron chi connectivity index (χ0n) is 11.2. The van der Waals surface area contributed by atoms with Crippen LogP contribution in [-0.4, -0.2) is 16.1 Å². The molecule has 3 rings (SSSR count). The van der Waals surface area contributed by atoms with Crippen LogP contribution in [0, 0.1) is 6.92 Å². The molecule has 0 unspecified atom stereocenters. The minimum Gasteiger partial charge on any atom is -0.320 e. The van der Waals surface area contributed by atoms with Gasteiger partial charge in [0.1, 0.15) is 0 Å². The third-order valence-electron chi connectivity index (χ3n) is 3.11. The first-order valence-electron chi connectivity index (χ1n) is 6.31. The van der Waals surface area contributed by atoms with Crippen LogP contribution < -0.4 is 5.32 Å². The SMILES string of the molecule is Cc1c(Cl)cccc1NC(=O)c1cc(-c2cccs2)[nH]n1. The number of carbonyl (C=O) groups excluding carboxylic acids is 1. The van der Waals surface area contributed by atoms with Gasteiger partial charge in [-0.1, -0.05) is 23.7 Å². The second-order valence-electron chi connectivity index (χ2n) is 4.51. The monoisotopic (exact) mass is 317 g/mol. The third-order valence-corrected chi connectivity index (χ3v) is 4.43. The molecule has 106 valence electrons. The number of hydrogen-bond donors (Lipinski definition) is 2. The number of H-pyrrole nitrogens is 1. The van der Waals surface area contributed by atoms with Crippen molar-refractivity contribution < 1.29 is 4.79 Å². The van der Waals surface area contributed by atoms with Crippen molar-refractivity contribution in [2.75, 3.05) is 5.32 Å². The Morgan fingerprint density at radius 3 is 2.95 bits per heavy atom. The molecule has 0 aliphatic carbocycles. The number of nitrogens with one attached hydrogen (secondary N) is 2. The van der Waals surface area contributed by atoms with E-state index in [9.17, 15) is 4.79 Å². The van der Waals surface area contributed by atoms with Gasteiger partial charge in [0.2, 0.25) is 0 Å². The molecule has 3 aromatic rings. The molecule has 0 atom stereocenters. The summed E-state index contributed by atoms with van der Waals surface area (Å²) in [4.78, 5) is 13.3. The zero-order valence-corrected chi connectivity index (χ0v) is 12.8. The highest BCUT2D eigenvalue weighted by molar-refractivity contribution is 7.13. The van der Waals surface area contributed by atoms with E-state index in [1.54, 1.807) is 29.5 Å². The van der Waals surface area contributed by atoms with Gasteiger partial charge >= 0.3 is 0 Å². The number of nitrogens with zero attached hydrogens (tertiary/aromatic N) is 1. The molecule has 2 heterocycles. The van der Waals surface area contributed by atoms with Gasteiger partial charge in [0.25, 0.3) is 5.91 Å². The number of amides is 1. The molecule has 0 aliphatic rings. The standard InChI is InChI=1S/C15H12ClN3OS/c1-9-10(16)4-2-5-11(9)17-15(20)13-8-12(18-19-13)14-6-3-7-21-14/h2-8H,1H3,(H,17,20)(H,18,19). The fourth-order valence-electron chi connectivity index (χ4n) is 1.93. The Balaban J connectivity index is 1.81. The summed E-state index contributed by atoms with van der Waals surface area (Å²) >= 11 is 7.63. The number of benzene rings is 1. The van der Waals surface area contributed by atoms with E-state index >= 15 is 0 Å². The van der Waals surface area contributed by atoms with Crippen LogP contribution in [0.1, 0.15) is 16.1 Å². The van der Waals surface area contributed by atoms with Gasteiger partial charge in [-0.2, -0.15) is 5.10 Å². The zero-order chi connectivity index (χ0) is 14.8. The lowest BCUT2D eigenvalue weighted by Crippen LogP contribution is -2.13. The van der Waals surface area contributed by atoms with Crippen molar-refractivity contribution in [2.24, 2.45) is 0 Å². The molecule has 0 spiro atoms. The number of aromatic nitrogens is 2. The Morgan fingerprint density at radius 1 is 1.33 bits per heavy atom. The highest BCUT2D eigenvalue weighted by Gasteiger charge is 2.13. The smallest absolute Gasteiger partial charge is 0.276 e. The second-order valence-corrected chi connectivity index (χ2v) is 5.87. The summed E-state index contributed by atoms with van der Waals surface area (Å²) in [7, 11) is 0. The summed E-state index contributed by atoms with van der Waals surface area (Å²) < 4.78 is 0. The van der Waals surface area contributed by atoms with Crippen LogP contribution in [-0.2, 0) is 0 Å². The lowest BCUT2D eigenvalue weighted by Gasteiger charge is -2.07. The van der Waals surface area contributed by atoms with Gasteiger partial charge in [0.05, 0.1) is 10.6 Å². The van der Waals surface area contributed by atoms with E-state index in [1.807, 2.05) is 30.5 Å². The molecular weight excluding hydrogens is 306 g/mol. The van der Waals surface area contributed by atoms with Crippen molar-refractivity contribution >= 4 is 34.5 Å². The molecule has 1 aromatic carbocycles. The van der Waals surface area contributed by atoms with Crippen LogP contribution in [0.15, 0.2) is 41.8 Å². The summed E-state index contributed by atoms with van der Waals surface area (Å²) in [5, 5.41) is 12.4. The van der Waals surface area contributed by atoms with Crippen molar-refractivity contribution in [1.29, 1.82) is 0 Å². The van der Waals surface area contributed by atoms with Gasteiger partial charge in [0.15, 0.2) is 5.69 Å². The van der Waals surface area contributed by atoms with Crippen LogP contribution in [0.25, 0.3) is 10.6 Å². The summed E-state index contributed by atoms with van der Waals surface area (Å²) in [5.41, 5.74) is 2.70. The van der Waals surface area contributed by atoms with Crippen molar-refractivity contribution in [3.05, 3.63) is 58.1 Å². The molecule has 4 nitrogen and oxygen atoms in total. The summed E-state index contributed by atoms with van der Waals surface area (Å²) in [6.07, 6.45) is 0. The number of aromatic amines is 1. The van der Waals surface area contributed by atoms with E-state index in [2.05, 4.69) is 15.5 Å². The Hall–Kier alpha value is -2.11. The normalized spacial score (nSPS) is 10.6. The minimum atomic E-state index is -0.264. The lowest BCUT2D eigenvalue weighted by molar-refractivity contribution is 0.102. The topological polar surface area (TPSA) is 57.8 Å². The van der Waals surface area contributed by atoms with E-state index in [4.69, 9.17) is 11.6 Å². The van der Waals surface area contributed by atoms with Crippen LogP contribution in [0.2, 0.25) is 5.02 Å². The molecular formula is C15H12ClN3OS. The summed E-state index contributed by atoms with van der Waals surface area (Å²) in [5.74, 6) is -0.264. The number of hydrogen-bond acceptors (Lipinski definition) is 3. The Morgan fingerprint density at radius 2 is 2.19 bits per heavy atom. The predicted octanol–water partition coefficient (Wildman–Crippen LogP) is 4.35. The fraction of sp³-hybridized carbons (Fsp3) is 0.0667. The van der Waals surface area contributed by atoms with E-state index < -0.39 is 0 Å². The molecule has 6 heteroatoms. The van der Waals surface area contributed by atoms with Gasteiger partial charge in [0, 0.05) is 10.7 Å². The van der Waals surface area contributed by atoms with Gasteiger partial charge in [-0.05, 0) is 42.1 Å². The van der Waals surface area contributed by atoms with E-state index in [1.165, 1.54) is 0 Å². The number of halogens is 1. The number of thiophene rings is 1. The molecule has 2 aromatic heterocycles. The molecule has 0 saturated carbocycles. The van der Waals surface area contributed by atoms with Crippen LogP contribution in [0.5, 0.6) is 0 Å². The first-order valence-corrected chi connectivity index (χ1v) is 7.56. The quantitative estimate of drug-likeness (QED) is 0.754. The molecule has 2 N–H and O–H groups in total. The molecule has 0 saturated heterocycles. The van der Waals surface area contributed by atoms with Crippen LogP contribution in [0.4, 0.5) is 5.69 Å². The lowest BCUT2D eigenvalue weighted by atomic mass is 10.2. The van der Waals surface area contributed by atoms with Crippen LogP contribution in [0.3, 0.4) is 0 Å². The van der Waals surface area contributed by atoms with E-state index in [0.717, 1.165) is 16.1 Å². The predicted molar refractivity (Wildman–Crippen MR) is 86.0 cm³/mol. The number of anilines is 1. The largest absolute Gasteiger partial charge is 0.320 e. The van der Waals surface area contributed by atoms with Gasteiger partial charge in [-0.3, -0.25) is 9.89 Å². The summed E-state index contributed by atoms with van der Waals surface area (Å²) in [6.45, 7) is 1.86. The Kier molecular flexibility index (Phi) is 3.77. The molecule has 0 aliphatic heterocycles. The van der Waals surface area contributed by atoms with E-state index in [0.29, 0.717) is 16.4 Å². The highest BCUT2D eigenvalue weighted by Crippen LogP contribution is 2.25. The molecule has 0 bridgehead atoms. The maximum absolute atomic E-state index is 12.2. The summed E-state index contributed by atoms with van der Waals surface area (Å²) in [6, 6.07) is 11.1. The maximum Gasteiger partial charge on any atom is 0.276 e. The van der Waals surface area contributed by atoms with Crippen molar-refractivity contribution in [3.8, 4) is 10.6 Å². The average Bonchev–Trinajstić information content (AvgIpc) is 3.13. The van der Waals surface area contributed by atoms with E-state index in [-0.39, 0.29) is 5.91 Å². The van der Waals surface area contributed by atoms with Crippen molar-refractivity contribution in [3.63, 3.8) is 0 Å². The molecule has 0 fully saturated rings. The van der Waals surface area contributed by atoms with Crippen LogP contribution >= 0.6 is 22.9 Å². The fourth-order valence-corrected chi connectivity index (χ4v) is 2.79. The van der Waals surface area contributed by atoms with Gasteiger partial charge < -0.3 is 5.32 Å². The van der Waals surface area contributed by atoms with Gasteiger partial charge in [-0.15, -0.1) is 11.3 Å².